The maximum absolute atomic E-state index is 12.2. The first kappa shape index (κ1) is 16.4. The van der Waals surface area contributed by atoms with E-state index in [2.05, 4.69) is 6.58 Å². The molecule has 1 N–H and O–H groups in total. The fourth-order valence-corrected chi connectivity index (χ4v) is 3.26. The van der Waals surface area contributed by atoms with Gasteiger partial charge in [0, 0.05) is 12.5 Å². The van der Waals surface area contributed by atoms with Crippen molar-refractivity contribution in [3.05, 3.63) is 35.5 Å². The molecule has 3 rings (SSSR count). The third kappa shape index (κ3) is 2.87. The highest BCUT2D eigenvalue weighted by atomic mass is 16.6. The molecule has 0 radical (unpaired) electrons. The van der Waals surface area contributed by atoms with Crippen molar-refractivity contribution in [1.29, 1.82) is 0 Å². The summed E-state index contributed by atoms with van der Waals surface area (Å²) in [4.78, 5) is 35.4. The number of aliphatic hydroxyl groups excluding tert-OH is 1. The first-order valence-corrected chi connectivity index (χ1v) is 7.71. The molecule has 128 valence electrons. The van der Waals surface area contributed by atoms with Gasteiger partial charge in [-0.2, -0.15) is 0 Å². The Morgan fingerprint density at radius 3 is 2.62 bits per heavy atom. The van der Waals surface area contributed by atoms with Crippen LogP contribution in [0.1, 0.15) is 19.8 Å². The summed E-state index contributed by atoms with van der Waals surface area (Å²) >= 11 is 0. The smallest absolute Gasteiger partial charge is 0.338 e. The van der Waals surface area contributed by atoms with Crippen LogP contribution in [0.15, 0.2) is 35.5 Å². The number of hydrogen-bond acceptors (Lipinski definition) is 7. The van der Waals surface area contributed by atoms with E-state index in [1.165, 1.54) is 6.92 Å². The van der Waals surface area contributed by atoms with Crippen molar-refractivity contribution in [1.82, 2.24) is 0 Å². The van der Waals surface area contributed by atoms with Gasteiger partial charge < -0.3 is 19.3 Å². The molecule has 1 saturated heterocycles. The number of aliphatic hydroxyl groups is 1. The van der Waals surface area contributed by atoms with E-state index in [4.69, 9.17) is 14.2 Å². The lowest BCUT2D eigenvalue weighted by molar-refractivity contribution is -0.147. The first-order chi connectivity index (χ1) is 11.4. The van der Waals surface area contributed by atoms with Crippen LogP contribution in [0.25, 0.3) is 0 Å². The Morgan fingerprint density at radius 2 is 1.96 bits per heavy atom. The third-order valence-electron chi connectivity index (χ3n) is 4.42. The number of fused-ring (bicyclic) bond motifs is 3. The second-order valence-electron chi connectivity index (χ2n) is 6.03. The largest absolute Gasteiger partial charge is 0.457 e. The maximum Gasteiger partial charge on any atom is 0.338 e. The Hall–Kier alpha value is -2.41. The second-order valence-corrected chi connectivity index (χ2v) is 6.03. The lowest BCUT2D eigenvalue weighted by Crippen LogP contribution is -2.28. The highest BCUT2D eigenvalue weighted by Crippen LogP contribution is 2.38. The molecule has 24 heavy (non-hydrogen) atoms. The molecule has 1 aliphatic carbocycles. The van der Waals surface area contributed by atoms with Gasteiger partial charge in [-0.05, 0) is 30.6 Å². The van der Waals surface area contributed by atoms with Crippen LogP contribution in [0.3, 0.4) is 0 Å². The van der Waals surface area contributed by atoms with Gasteiger partial charge in [0.25, 0.3) is 0 Å². The molecule has 0 aromatic heterocycles. The number of carbonyl (C=O) groups excluding carboxylic acids is 3. The molecular formula is C17H18O7. The van der Waals surface area contributed by atoms with Crippen LogP contribution < -0.4 is 0 Å². The van der Waals surface area contributed by atoms with Crippen molar-refractivity contribution in [3.8, 4) is 0 Å². The summed E-state index contributed by atoms with van der Waals surface area (Å²) in [6.45, 7) is 4.78. The van der Waals surface area contributed by atoms with E-state index in [9.17, 15) is 19.5 Å². The molecule has 0 spiro atoms. The standard InChI is InChI=1S/C17H18O7/c1-8-15-13(23-16(8)20)5-10(7-18)3-4-12(22-9(2)19)11-6-14(15)24-17(11)21/h5-6,12-15,18H,1,3-4,7H2,2H3/b10-5-/t12-,13+,14+,15-/m0/s1. The molecule has 2 bridgehead atoms. The molecule has 7 heteroatoms. The molecule has 1 fully saturated rings. The van der Waals surface area contributed by atoms with Crippen molar-refractivity contribution < 1.29 is 33.7 Å². The Morgan fingerprint density at radius 1 is 1.29 bits per heavy atom. The zero-order chi connectivity index (χ0) is 17.4. The fraction of sp³-hybridized carbons (Fsp3) is 0.471. The first-order valence-electron chi connectivity index (χ1n) is 7.71. The van der Waals surface area contributed by atoms with Crippen LogP contribution >= 0.6 is 0 Å². The van der Waals surface area contributed by atoms with Gasteiger partial charge in [0.05, 0.1) is 18.1 Å². The van der Waals surface area contributed by atoms with E-state index < -0.39 is 42.1 Å². The van der Waals surface area contributed by atoms with Crippen molar-refractivity contribution >= 4 is 17.9 Å². The van der Waals surface area contributed by atoms with Crippen LogP contribution in [0.5, 0.6) is 0 Å². The topological polar surface area (TPSA) is 99.1 Å². The van der Waals surface area contributed by atoms with E-state index in [-0.39, 0.29) is 17.8 Å². The van der Waals surface area contributed by atoms with Crippen molar-refractivity contribution in [3.63, 3.8) is 0 Å². The van der Waals surface area contributed by atoms with Crippen molar-refractivity contribution in [2.75, 3.05) is 6.61 Å². The van der Waals surface area contributed by atoms with Gasteiger partial charge in [0.1, 0.15) is 18.3 Å². The van der Waals surface area contributed by atoms with Gasteiger partial charge >= 0.3 is 17.9 Å². The van der Waals surface area contributed by atoms with Gasteiger partial charge in [-0.25, -0.2) is 9.59 Å². The average Bonchev–Trinajstić information content (AvgIpc) is 3.01. The number of ether oxygens (including phenoxy) is 3. The minimum Gasteiger partial charge on any atom is -0.457 e. The number of esters is 3. The van der Waals surface area contributed by atoms with Crippen molar-refractivity contribution in [2.24, 2.45) is 5.92 Å². The van der Waals surface area contributed by atoms with Crippen molar-refractivity contribution in [2.45, 2.75) is 38.1 Å². The fourth-order valence-electron chi connectivity index (χ4n) is 3.26. The lowest BCUT2D eigenvalue weighted by atomic mass is 9.87. The summed E-state index contributed by atoms with van der Waals surface area (Å²) in [5.41, 5.74) is 1.10. The normalized spacial score (nSPS) is 34.5. The van der Waals surface area contributed by atoms with E-state index >= 15 is 0 Å². The molecule has 7 nitrogen and oxygen atoms in total. The molecule has 0 amide bonds. The predicted octanol–water partition coefficient (Wildman–Crippen LogP) is 0.580. The third-order valence-corrected chi connectivity index (χ3v) is 4.42. The Kier molecular flexibility index (Phi) is 4.28. The predicted molar refractivity (Wildman–Crippen MR) is 80.4 cm³/mol. The SMILES string of the molecule is C=C1C(=O)O[C@@H]2/C=C(\CO)CC[C@H](OC(C)=O)C3=C[C@@H](OC3=O)[C@@H]12. The quantitative estimate of drug-likeness (QED) is 0.341. The zero-order valence-electron chi connectivity index (χ0n) is 13.2. The Balaban J connectivity index is 2.01. The monoisotopic (exact) mass is 334 g/mol. The van der Waals surface area contributed by atoms with Crippen LogP contribution in [0.4, 0.5) is 0 Å². The molecule has 3 aliphatic rings. The van der Waals surface area contributed by atoms with Crippen LogP contribution in [-0.2, 0) is 28.6 Å². The van der Waals surface area contributed by atoms with Crippen LogP contribution in [0, 0.1) is 5.92 Å². The molecular weight excluding hydrogens is 316 g/mol. The molecule has 2 aliphatic heterocycles. The summed E-state index contributed by atoms with van der Waals surface area (Å²) < 4.78 is 15.9. The lowest BCUT2D eigenvalue weighted by Gasteiger charge is -2.21. The number of carbonyl (C=O) groups is 3. The summed E-state index contributed by atoms with van der Waals surface area (Å²) in [7, 11) is 0. The summed E-state index contributed by atoms with van der Waals surface area (Å²) in [6.07, 6.45) is 1.84. The van der Waals surface area contributed by atoms with E-state index in [0.717, 1.165) is 0 Å². The Bertz CT molecular complexity index is 672. The van der Waals surface area contributed by atoms with E-state index in [1.807, 2.05) is 0 Å². The average molecular weight is 334 g/mol. The van der Waals surface area contributed by atoms with Gasteiger partial charge in [0.2, 0.25) is 0 Å². The molecule has 0 aromatic carbocycles. The summed E-state index contributed by atoms with van der Waals surface area (Å²) in [5, 5.41) is 9.54. The molecule has 0 saturated carbocycles. The number of hydrogen-bond donors (Lipinski definition) is 1. The van der Waals surface area contributed by atoms with Gasteiger partial charge in [-0.15, -0.1) is 0 Å². The minimum absolute atomic E-state index is 0.216. The second kappa shape index (κ2) is 6.24. The highest BCUT2D eigenvalue weighted by molar-refractivity contribution is 5.94. The van der Waals surface area contributed by atoms with Crippen LogP contribution in [0.2, 0.25) is 0 Å². The molecule has 2 heterocycles. The summed E-state index contributed by atoms with van der Waals surface area (Å²) in [5.74, 6) is -2.20. The van der Waals surface area contributed by atoms with Gasteiger partial charge in [-0.1, -0.05) is 6.58 Å². The molecule has 4 atom stereocenters. The maximum atomic E-state index is 12.2. The Labute approximate surface area is 138 Å². The minimum atomic E-state index is -0.752. The van der Waals surface area contributed by atoms with E-state index in [1.54, 1.807) is 12.2 Å². The summed E-state index contributed by atoms with van der Waals surface area (Å²) in [6, 6.07) is 0. The van der Waals surface area contributed by atoms with Crippen LogP contribution in [-0.4, -0.2) is 47.9 Å². The van der Waals surface area contributed by atoms with Gasteiger partial charge in [-0.3, -0.25) is 4.79 Å². The molecule has 0 aromatic rings. The highest BCUT2D eigenvalue weighted by Gasteiger charge is 2.47. The van der Waals surface area contributed by atoms with Gasteiger partial charge in [0.15, 0.2) is 0 Å². The molecule has 0 unspecified atom stereocenters. The van der Waals surface area contributed by atoms with E-state index in [0.29, 0.717) is 18.4 Å². The zero-order valence-corrected chi connectivity index (χ0v) is 13.2. The number of rotatable bonds is 2.